The van der Waals surface area contributed by atoms with Crippen LogP contribution in [0.1, 0.15) is 26.7 Å². The van der Waals surface area contributed by atoms with Gasteiger partial charge in [0.2, 0.25) is 0 Å². The van der Waals surface area contributed by atoms with Crippen LogP contribution in [0.15, 0.2) is 18.2 Å². The van der Waals surface area contributed by atoms with E-state index in [1.54, 1.807) is 11.3 Å². The van der Waals surface area contributed by atoms with E-state index in [9.17, 15) is 0 Å². The maximum absolute atomic E-state index is 5.98. The highest BCUT2D eigenvalue weighted by Gasteiger charge is 2.04. The highest BCUT2D eigenvalue weighted by molar-refractivity contribution is 7.22. The predicted octanol–water partition coefficient (Wildman–Crippen LogP) is 4.48. The van der Waals surface area contributed by atoms with E-state index in [0.29, 0.717) is 6.04 Å². The highest BCUT2D eigenvalue weighted by Crippen LogP contribution is 2.28. The molecule has 0 amide bonds. The SMILES string of the molecule is CC(C)N(C)CCCCNc1nc2ccc(Cl)cc2s1. The van der Waals surface area contributed by atoms with Gasteiger partial charge in [0.25, 0.3) is 0 Å². The summed E-state index contributed by atoms with van der Waals surface area (Å²) in [5, 5.41) is 5.16. The normalized spacial score (nSPS) is 11.7. The van der Waals surface area contributed by atoms with Crippen molar-refractivity contribution in [3.63, 3.8) is 0 Å². The van der Waals surface area contributed by atoms with Gasteiger partial charge in [0, 0.05) is 17.6 Å². The number of hydrogen-bond donors (Lipinski definition) is 1. The van der Waals surface area contributed by atoms with E-state index in [4.69, 9.17) is 11.6 Å². The van der Waals surface area contributed by atoms with E-state index in [1.807, 2.05) is 18.2 Å². The first kappa shape index (κ1) is 15.5. The van der Waals surface area contributed by atoms with Gasteiger partial charge in [-0.2, -0.15) is 0 Å². The van der Waals surface area contributed by atoms with Crippen molar-refractivity contribution in [1.82, 2.24) is 9.88 Å². The monoisotopic (exact) mass is 311 g/mol. The molecule has 0 spiro atoms. The van der Waals surface area contributed by atoms with Gasteiger partial charge < -0.3 is 10.2 Å². The van der Waals surface area contributed by atoms with Crippen molar-refractivity contribution in [3.8, 4) is 0 Å². The molecule has 0 saturated heterocycles. The van der Waals surface area contributed by atoms with Gasteiger partial charge in [0.05, 0.1) is 10.2 Å². The van der Waals surface area contributed by atoms with Crippen LogP contribution in [0.5, 0.6) is 0 Å². The number of aromatic nitrogens is 1. The number of unbranched alkanes of at least 4 members (excludes halogenated alkanes) is 1. The molecule has 1 heterocycles. The van der Waals surface area contributed by atoms with Crippen molar-refractivity contribution < 1.29 is 0 Å². The molecule has 0 fully saturated rings. The molecule has 3 nitrogen and oxygen atoms in total. The molecule has 0 aliphatic heterocycles. The average Bonchev–Trinajstić information content (AvgIpc) is 2.79. The molecule has 0 aliphatic rings. The second-order valence-corrected chi connectivity index (χ2v) is 6.81. The summed E-state index contributed by atoms with van der Waals surface area (Å²) in [6.45, 7) is 6.57. The summed E-state index contributed by atoms with van der Waals surface area (Å²) in [5.74, 6) is 0. The van der Waals surface area contributed by atoms with Crippen LogP contribution < -0.4 is 5.32 Å². The summed E-state index contributed by atoms with van der Waals surface area (Å²) in [5.41, 5.74) is 1.02. The van der Waals surface area contributed by atoms with Crippen LogP contribution in [0.3, 0.4) is 0 Å². The number of nitrogens with zero attached hydrogens (tertiary/aromatic N) is 2. The van der Waals surface area contributed by atoms with E-state index in [0.717, 1.165) is 39.9 Å². The van der Waals surface area contributed by atoms with Gasteiger partial charge >= 0.3 is 0 Å². The number of nitrogens with one attached hydrogen (secondary N) is 1. The van der Waals surface area contributed by atoms with Gasteiger partial charge in [-0.1, -0.05) is 22.9 Å². The van der Waals surface area contributed by atoms with Crippen molar-refractivity contribution in [1.29, 1.82) is 0 Å². The van der Waals surface area contributed by atoms with E-state index >= 15 is 0 Å². The predicted molar refractivity (Wildman–Crippen MR) is 90.1 cm³/mol. The molecule has 0 atom stereocenters. The molecular weight excluding hydrogens is 290 g/mol. The molecule has 2 aromatic rings. The zero-order valence-electron chi connectivity index (χ0n) is 12.3. The summed E-state index contributed by atoms with van der Waals surface area (Å²) >= 11 is 7.65. The van der Waals surface area contributed by atoms with Crippen molar-refractivity contribution in [2.24, 2.45) is 0 Å². The number of thiazole rings is 1. The largest absolute Gasteiger partial charge is 0.361 e. The standard InChI is InChI=1S/C15H22ClN3S/c1-11(2)19(3)9-5-4-8-17-15-18-13-7-6-12(16)10-14(13)20-15/h6-7,10-11H,4-5,8-9H2,1-3H3,(H,17,18). The fourth-order valence-electron chi connectivity index (χ4n) is 1.91. The molecule has 0 radical (unpaired) electrons. The molecule has 5 heteroatoms. The Morgan fingerprint density at radius 1 is 1.35 bits per heavy atom. The van der Waals surface area contributed by atoms with Gasteiger partial charge in [-0.15, -0.1) is 0 Å². The van der Waals surface area contributed by atoms with Crippen molar-refractivity contribution in [2.45, 2.75) is 32.7 Å². The average molecular weight is 312 g/mol. The number of rotatable bonds is 7. The van der Waals surface area contributed by atoms with Gasteiger partial charge in [-0.05, 0) is 58.5 Å². The van der Waals surface area contributed by atoms with Gasteiger partial charge in [-0.25, -0.2) is 4.98 Å². The zero-order chi connectivity index (χ0) is 14.5. The quantitative estimate of drug-likeness (QED) is 0.764. The Morgan fingerprint density at radius 2 is 2.15 bits per heavy atom. The van der Waals surface area contributed by atoms with Crippen molar-refractivity contribution >= 4 is 38.3 Å². The first-order valence-electron chi connectivity index (χ1n) is 7.06. The molecule has 0 unspecified atom stereocenters. The maximum atomic E-state index is 5.98. The first-order chi connectivity index (χ1) is 9.56. The number of anilines is 1. The number of benzene rings is 1. The molecule has 2 rings (SSSR count). The Labute approximate surface area is 130 Å². The number of fused-ring (bicyclic) bond motifs is 1. The minimum atomic E-state index is 0.622. The number of halogens is 1. The van der Waals surface area contributed by atoms with Crippen LogP contribution in [0.4, 0.5) is 5.13 Å². The zero-order valence-corrected chi connectivity index (χ0v) is 13.9. The summed E-state index contributed by atoms with van der Waals surface area (Å²) in [4.78, 5) is 6.93. The second kappa shape index (κ2) is 7.25. The van der Waals surface area contributed by atoms with Crippen molar-refractivity contribution in [2.75, 3.05) is 25.5 Å². The Kier molecular flexibility index (Phi) is 5.64. The Balaban J connectivity index is 1.76. The fourth-order valence-corrected chi connectivity index (χ4v) is 3.08. The summed E-state index contributed by atoms with van der Waals surface area (Å²) in [7, 11) is 2.18. The van der Waals surface area contributed by atoms with E-state index < -0.39 is 0 Å². The van der Waals surface area contributed by atoms with E-state index in [1.165, 1.54) is 6.42 Å². The molecule has 0 bridgehead atoms. The molecule has 0 aliphatic carbocycles. The van der Waals surface area contributed by atoms with Crippen LogP contribution in [-0.4, -0.2) is 36.1 Å². The van der Waals surface area contributed by atoms with Crippen LogP contribution in [0.25, 0.3) is 10.2 Å². The lowest BCUT2D eigenvalue weighted by molar-refractivity contribution is 0.269. The molecule has 110 valence electrons. The molecule has 1 aromatic carbocycles. The molecule has 1 aromatic heterocycles. The fraction of sp³-hybridized carbons (Fsp3) is 0.533. The lowest BCUT2D eigenvalue weighted by atomic mass is 10.2. The molecular formula is C15H22ClN3S. The Bertz CT molecular complexity index is 553. The third-order valence-corrected chi connectivity index (χ3v) is 4.66. The Hall–Kier alpha value is -0.840. The lowest BCUT2D eigenvalue weighted by Gasteiger charge is -2.20. The summed E-state index contributed by atoms with van der Waals surface area (Å²) < 4.78 is 1.14. The lowest BCUT2D eigenvalue weighted by Crippen LogP contribution is -2.27. The maximum Gasteiger partial charge on any atom is 0.183 e. The van der Waals surface area contributed by atoms with Gasteiger partial charge in [-0.3, -0.25) is 0 Å². The minimum absolute atomic E-state index is 0.622. The summed E-state index contributed by atoms with van der Waals surface area (Å²) in [6.07, 6.45) is 2.37. The molecule has 0 saturated carbocycles. The third kappa shape index (κ3) is 4.33. The number of hydrogen-bond acceptors (Lipinski definition) is 4. The minimum Gasteiger partial charge on any atom is -0.361 e. The smallest absolute Gasteiger partial charge is 0.183 e. The Morgan fingerprint density at radius 3 is 2.90 bits per heavy atom. The third-order valence-electron chi connectivity index (χ3n) is 3.45. The van der Waals surface area contributed by atoms with Crippen LogP contribution in [0.2, 0.25) is 5.02 Å². The van der Waals surface area contributed by atoms with Crippen LogP contribution in [-0.2, 0) is 0 Å². The highest BCUT2D eigenvalue weighted by atomic mass is 35.5. The van der Waals surface area contributed by atoms with Crippen molar-refractivity contribution in [3.05, 3.63) is 23.2 Å². The summed E-state index contributed by atoms with van der Waals surface area (Å²) in [6, 6.07) is 6.45. The second-order valence-electron chi connectivity index (χ2n) is 5.34. The van der Waals surface area contributed by atoms with Crippen LogP contribution >= 0.6 is 22.9 Å². The first-order valence-corrected chi connectivity index (χ1v) is 8.26. The molecule has 20 heavy (non-hydrogen) atoms. The van der Waals surface area contributed by atoms with Crippen LogP contribution in [0, 0.1) is 0 Å². The topological polar surface area (TPSA) is 28.2 Å². The molecule has 1 N–H and O–H groups in total. The van der Waals surface area contributed by atoms with E-state index in [-0.39, 0.29) is 0 Å². The van der Waals surface area contributed by atoms with Gasteiger partial charge in [0.1, 0.15) is 0 Å². The van der Waals surface area contributed by atoms with E-state index in [2.05, 4.69) is 36.1 Å². The van der Waals surface area contributed by atoms with Gasteiger partial charge in [0.15, 0.2) is 5.13 Å².